The van der Waals surface area contributed by atoms with Gasteiger partial charge in [-0.15, -0.1) is 0 Å². The van der Waals surface area contributed by atoms with Gasteiger partial charge in [0.15, 0.2) is 0 Å². The highest BCUT2D eigenvalue weighted by Crippen LogP contribution is 2.39. The molecule has 1 aliphatic rings. The summed E-state index contributed by atoms with van der Waals surface area (Å²) in [5.41, 5.74) is 1.48. The standard InChI is InChI=1S/C17H20BrF3N2O2/c1-10-7-13(18)5-6-14(10)23-15(24)9-22-16(25)11-3-2-4-12(8-11)17(19,20)21/h5-7,11-12H,2-4,8-9H2,1H3,(H,22,25)(H,23,24). The van der Waals surface area contributed by atoms with E-state index in [1.54, 1.807) is 12.1 Å². The minimum atomic E-state index is -4.27. The van der Waals surface area contributed by atoms with Gasteiger partial charge in [0.1, 0.15) is 0 Å². The van der Waals surface area contributed by atoms with Crippen molar-refractivity contribution in [1.82, 2.24) is 5.32 Å². The molecule has 138 valence electrons. The number of benzene rings is 1. The summed E-state index contributed by atoms with van der Waals surface area (Å²) >= 11 is 3.33. The number of hydrogen-bond donors (Lipinski definition) is 2. The lowest BCUT2D eigenvalue weighted by molar-refractivity contribution is -0.186. The van der Waals surface area contributed by atoms with Crippen LogP contribution in [0.4, 0.5) is 18.9 Å². The highest BCUT2D eigenvalue weighted by molar-refractivity contribution is 9.10. The molecule has 1 saturated carbocycles. The van der Waals surface area contributed by atoms with Crippen LogP contribution >= 0.6 is 15.9 Å². The van der Waals surface area contributed by atoms with Gasteiger partial charge in [-0.25, -0.2) is 0 Å². The van der Waals surface area contributed by atoms with E-state index < -0.39 is 29.8 Å². The number of amides is 2. The number of nitrogens with one attached hydrogen (secondary N) is 2. The van der Waals surface area contributed by atoms with Crippen LogP contribution in [0.2, 0.25) is 0 Å². The summed E-state index contributed by atoms with van der Waals surface area (Å²) in [7, 11) is 0. The fourth-order valence-corrected chi connectivity index (χ4v) is 3.47. The van der Waals surface area contributed by atoms with Crippen LogP contribution in [0.1, 0.15) is 31.2 Å². The van der Waals surface area contributed by atoms with Crippen molar-refractivity contribution in [2.24, 2.45) is 11.8 Å². The molecule has 2 unspecified atom stereocenters. The molecule has 1 aromatic rings. The van der Waals surface area contributed by atoms with Crippen molar-refractivity contribution in [3.63, 3.8) is 0 Å². The van der Waals surface area contributed by atoms with Crippen molar-refractivity contribution >= 4 is 33.4 Å². The van der Waals surface area contributed by atoms with Gasteiger partial charge in [0.2, 0.25) is 11.8 Å². The zero-order chi connectivity index (χ0) is 18.6. The van der Waals surface area contributed by atoms with Crippen molar-refractivity contribution in [3.8, 4) is 0 Å². The quantitative estimate of drug-likeness (QED) is 0.767. The molecule has 25 heavy (non-hydrogen) atoms. The molecule has 0 radical (unpaired) electrons. The Morgan fingerprint density at radius 3 is 2.64 bits per heavy atom. The second-order valence-corrected chi connectivity index (χ2v) is 7.24. The van der Waals surface area contributed by atoms with Crippen LogP contribution in [0, 0.1) is 18.8 Å². The maximum Gasteiger partial charge on any atom is 0.391 e. The number of anilines is 1. The summed E-state index contributed by atoms with van der Waals surface area (Å²) in [6, 6.07) is 5.35. The molecule has 0 saturated heterocycles. The first-order chi connectivity index (χ1) is 11.7. The van der Waals surface area contributed by atoms with E-state index >= 15 is 0 Å². The first-order valence-electron chi connectivity index (χ1n) is 8.07. The first-order valence-corrected chi connectivity index (χ1v) is 8.86. The molecule has 8 heteroatoms. The molecule has 2 rings (SSSR count). The zero-order valence-corrected chi connectivity index (χ0v) is 15.3. The molecule has 4 nitrogen and oxygen atoms in total. The van der Waals surface area contributed by atoms with Crippen LogP contribution in [0.15, 0.2) is 22.7 Å². The van der Waals surface area contributed by atoms with Crippen molar-refractivity contribution in [2.45, 2.75) is 38.8 Å². The first kappa shape index (κ1) is 19.8. The van der Waals surface area contributed by atoms with Crippen LogP contribution in [0.5, 0.6) is 0 Å². The number of aryl methyl sites for hydroxylation is 1. The number of carbonyl (C=O) groups excluding carboxylic acids is 2. The average molecular weight is 421 g/mol. The Morgan fingerprint density at radius 1 is 1.28 bits per heavy atom. The lowest BCUT2D eigenvalue weighted by Gasteiger charge is -2.29. The monoisotopic (exact) mass is 420 g/mol. The predicted octanol–water partition coefficient (Wildman–Crippen LogP) is 4.18. The molecule has 0 aliphatic heterocycles. The highest BCUT2D eigenvalue weighted by Gasteiger charge is 2.43. The summed E-state index contributed by atoms with van der Waals surface area (Å²) in [6.45, 7) is 1.57. The zero-order valence-electron chi connectivity index (χ0n) is 13.8. The van der Waals surface area contributed by atoms with Crippen LogP contribution in [0.3, 0.4) is 0 Å². The van der Waals surface area contributed by atoms with Crippen LogP contribution in [-0.4, -0.2) is 24.5 Å². The van der Waals surface area contributed by atoms with E-state index in [9.17, 15) is 22.8 Å². The maximum atomic E-state index is 12.8. The van der Waals surface area contributed by atoms with E-state index in [1.807, 2.05) is 13.0 Å². The number of alkyl halides is 3. The molecule has 2 atom stereocenters. The van der Waals surface area contributed by atoms with Gasteiger partial charge >= 0.3 is 6.18 Å². The second-order valence-electron chi connectivity index (χ2n) is 6.33. The van der Waals surface area contributed by atoms with E-state index in [4.69, 9.17) is 0 Å². The summed E-state index contributed by atoms with van der Waals surface area (Å²) in [4.78, 5) is 24.0. The molecule has 2 amide bonds. The fourth-order valence-electron chi connectivity index (χ4n) is 3.00. The van der Waals surface area contributed by atoms with Crippen molar-refractivity contribution in [1.29, 1.82) is 0 Å². The smallest absolute Gasteiger partial charge is 0.347 e. The minimum absolute atomic E-state index is 0.0661. The topological polar surface area (TPSA) is 58.2 Å². The van der Waals surface area contributed by atoms with Gasteiger partial charge < -0.3 is 10.6 Å². The molecule has 1 aromatic carbocycles. The molecule has 0 aromatic heterocycles. The summed E-state index contributed by atoms with van der Waals surface area (Å²) in [5.74, 6) is -3.03. The highest BCUT2D eigenvalue weighted by atomic mass is 79.9. The fraction of sp³-hybridized carbons (Fsp3) is 0.529. The van der Waals surface area contributed by atoms with Gasteiger partial charge in [-0.05, 0) is 49.9 Å². The third kappa shape index (κ3) is 5.73. The number of hydrogen-bond acceptors (Lipinski definition) is 2. The third-order valence-electron chi connectivity index (χ3n) is 4.39. The van der Waals surface area contributed by atoms with Gasteiger partial charge in [-0.2, -0.15) is 13.2 Å². The normalized spacial score (nSPS) is 20.8. The molecular weight excluding hydrogens is 401 g/mol. The summed E-state index contributed by atoms with van der Waals surface area (Å²) in [6.07, 6.45) is -3.62. The largest absolute Gasteiger partial charge is 0.391 e. The number of rotatable bonds is 4. The Morgan fingerprint density at radius 2 is 2.00 bits per heavy atom. The van der Waals surface area contributed by atoms with Crippen molar-refractivity contribution in [3.05, 3.63) is 28.2 Å². The Kier molecular flexibility index (Phi) is 6.48. The van der Waals surface area contributed by atoms with E-state index in [1.165, 1.54) is 0 Å². The van der Waals surface area contributed by atoms with E-state index in [-0.39, 0.29) is 19.4 Å². The van der Waals surface area contributed by atoms with Gasteiger partial charge in [-0.3, -0.25) is 9.59 Å². The summed E-state index contributed by atoms with van der Waals surface area (Å²) < 4.78 is 39.3. The van der Waals surface area contributed by atoms with Crippen molar-refractivity contribution in [2.75, 3.05) is 11.9 Å². The number of halogens is 4. The maximum absolute atomic E-state index is 12.8. The molecule has 0 heterocycles. The van der Waals surface area contributed by atoms with E-state index in [0.29, 0.717) is 18.5 Å². The Hall–Kier alpha value is -1.57. The van der Waals surface area contributed by atoms with Gasteiger partial charge in [-0.1, -0.05) is 22.4 Å². The Balaban J connectivity index is 1.83. The molecular formula is C17H20BrF3N2O2. The molecule has 0 spiro atoms. The molecule has 2 N–H and O–H groups in total. The molecule has 1 fully saturated rings. The predicted molar refractivity (Wildman–Crippen MR) is 92.0 cm³/mol. The Bertz CT molecular complexity index is 649. The van der Waals surface area contributed by atoms with Crippen LogP contribution < -0.4 is 10.6 Å². The molecule has 1 aliphatic carbocycles. The number of carbonyl (C=O) groups is 2. The van der Waals surface area contributed by atoms with Gasteiger partial charge in [0.05, 0.1) is 12.5 Å². The van der Waals surface area contributed by atoms with Crippen LogP contribution in [-0.2, 0) is 9.59 Å². The lowest BCUT2D eigenvalue weighted by atomic mass is 9.80. The van der Waals surface area contributed by atoms with Gasteiger partial charge in [0, 0.05) is 16.1 Å². The Labute approximate surface area is 152 Å². The van der Waals surface area contributed by atoms with Gasteiger partial charge in [0.25, 0.3) is 0 Å². The minimum Gasteiger partial charge on any atom is -0.347 e. The van der Waals surface area contributed by atoms with E-state index in [2.05, 4.69) is 26.6 Å². The average Bonchev–Trinajstić information content (AvgIpc) is 2.54. The third-order valence-corrected chi connectivity index (χ3v) is 4.89. The van der Waals surface area contributed by atoms with E-state index in [0.717, 1.165) is 10.0 Å². The van der Waals surface area contributed by atoms with Crippen LogP contribution in [0.25, 0.3) is 0 Å². The SMILES string of the molecule is Cc1cc(Br)ccc1NC(=O)CNC(=O)C1CCCC(C(F)(F)F)C1. The lowest BCUT2D eigenvalue weighted by Crippen LogP contribution is -2.40. The molecule has 0 bridgehead atoms. The second kappa shape index (κ2) is 8.21. The summed E-state index contributed by atoms with van der Waals surface area (Å²) in [5, 5.41) is 5.12. The van der Waals surface area contributed by atoms with Crippen molar-refractivity contribution < 1.29 is 22.8 Å².